The van der Waals surface area contributed by atoms with Crippen molar-refractivity contribution < 1.29 is 8.82 Å². The van der Waals surface area contributed by atoms with Crippen molar-refractivity contribution in [2.24, 2.45) is 0 Å². The van der Waals surface area contributed by atoms with Gasteiger partial charge in [-0.25, -0.2) is 0 Å². The van der Waals surface area contributed by atoms with Gasteiger partial charge in [-0.2, -0.15) is 0 Å². The predicted molar refractivity (Wildman–Crippen MR) is 105 cm³/mol. The predicted octanol–water partition coefficient (Wildman–Crippen LogP) is 5.81. The second kappa shape index (κ2) is 5.85. The van der Waals surface area contributed by atoms with E-state index in [4.69, 9.17) is 4.42 Å². The number of hydrogen-bond donors (Lipinski definition) is 0. The number of benzene rings is 3. The molecule has 0 amide bonds. The van der Waals surface area contributed by atoms with Crippen molar-refractivity contribution in [1.82, 2.24) is 0 Å². The summed E-state index contributed by atoms with van der Waals surface area (Å²) in [5.74, 6) is 0. The van der Waals surface area contributed by atoms with Gasteiger partial charge in [0.2, 0.25) is 5.58 Å². The fourth-order valence-corrected chi connectivity index (χ4v) is 3.58. The van der Waals surface area contributed by atoms with E-state index in [1.54, 1.807) is 0 Å². The molecule has 0 atom stereocenters. The molecule has 0 saturated heterocycles. The minimum absolute atomic E-state index is 0.886. The van der Waals surface area contributed by atoms with Gasteiger partial charge in [-0.05, 0) is 35.2 Å². The van der Waals surface area contributed by atoms with Gasteiger partial charge in [-0.3, -0.25) is 0 Å². The van der Waals surface area contributed by atoms with E-state index < -0.39 is 0 Å². The van der Waals surface area contributed by atoms with Crippen molar-refractivity contribution >= 4 is 16.8 Å². The number of aryl methyl sites for hydroxylation is 1. The van der Waals surface area contributed by atoms with E-state index >= 15 is 0 Å². The molecule has 5 aromatic rings. The van der Waals surface area contributed by atoms with E-state index in [0.717, 1.165) is 22.4 Å². The maximum Gasteiger partial charge on any atom is 0.387 e. The zero-order chi connectivity index (χ0) is 17.5. The first-order valence-corrected chi connectivity index (χ1v) is 8.80. The van der Waals surface area contributed by atoms with Gasteiger partial charge in [0.15, 0.2) is 6.20 Å². The van der Waals surface area contributed by atoms with Gasteiger partial charge in [0, 0.05) is 12.1 Å². The number of fused-ring (bicyclic) bond motifs is 3. The number of hydrogen-bond acceptors (Lipinski definition) is 1. The molecule has 2 heterocycles. The van der Waals surface area contributed by atoms with E-state index in [1.165, 1.54) is 22.3 Å². The molecule has 2 heteroatoms. The highest BCUT2D eigenvalue weighted by Crippen LogP contribution is 2.30. The summed E-state index contributed by atoms with van der Waals surface area (Å²) in [4.78, 5) is 0. The molecule has 0 bridgehead atoms. The van der Waals surface area contributed by atoms with E-state index in [9.17, 15) is 0 Å². The standard InChI is InChI=1S/C24H18NO/c1-17-14-15-25-21-16-20(18-8-4-2-5-9-18)12-13-22(21)26-24(25)23(17)19-10-6-3-7-11-19/h2-16H,1H3/q+1. The Morgan fingerprint density at radius 1 is 0.692 bits per heavy atom. The third kappa shape index (κ3) is 2.31. The van der Waals surface area contributed by atoms with E-state index in [0.29, 0.717) is 0 Å². The lowest BCUT2D eigenvalue weighted by molar-refractivity contribution is -0.485. The van der Waals surface area contributed by atoms with Crippen LogP contribution in [-0.2, 0) is 0 Å². The number of pyridine rings is 1. The van der Waals surface area contributed by atoms with Gasteiger partial charge in [-0.1, -0.05) is 66.7 Å². The molecule has 0 fully saturated rings. The van der Waals surface area contributed by atoms with Crippen LogP contribution in [0.25, 0.3) is 39.1 Å². The number of oxazole rings is 1. The lowest BCUT2D eigenvalue weighted by Gasteiger charge is -2.02. The van der Waals surface area contributed by atoms with Crippen LogP contribution in [0.15, 0.2) is 95.5 Å². The van der Waals surface area contributed by atoms with Gasteiger partial charge in [0.1, 0.15) is 0 Å². The second-order valence-corrected chi connectivity index (χ2v) is 6.57. The van der Waals surface area contributed by atoms with Gasteiger partial charge in [-0.15, -0.1) is 4.40 Å². The largest absolute Gasteiger partial charge is 0.397 e. The molecule has 26 heavy (non-hydrogen) atoms. The molecule has 0 N–H and O–H groups in total. The second-order valence-electron chi connectivity index (χ2n) is 6.57. The summed E-state index contributed by atoms with van der Waals surface area (Å²) >= 11 is 0. The molecular weight excluding hydrogens is 318 g/mol. The Kier molecular flexibility index (Phi) is 3.36. The summed E-state index contributed by atoms with van der Waals surface area (Å²) in [7, 11) is 0. The molecule has 124 valence electrons. The molecule has 0 aliphatic rings. The number of rotatable bonds is 2. The molecule has 2 aromatic heterocycles. The SMILES string of the molecule is Cc1cc[n+]2c(oc3ccc(-c4ccccc4)cc32)c1-c1ccccc1. The van der Waals surface area contributed by atoms with Crippen LogP contribution in [0.1, 0.15) is 5.56 Å². The molecule has 5 rings (SSSR count). The smallest absolute Gasteiger partial charge is 0.387 e. The zero-order valence-electron chi connectivity index (χ0n) is 14.5. The van der Waals surface area contributed by atoms with E-state index in [2.05, 4.69) is 90.3 Å². The summed E-state index contributed by atoms with van der Waals surface area (Å²) in [6.45, 7) is 2.13. The van der Waals surface area contributed by atoms with Crippen molar-refractivity contribution in [1.29, 1.82) is 0 Å². The lowest BCUT2D eigenvalue weighted by atomic mass is 10.0. The first-order chi connectivity index (χ1) is 12.8. The van der Waals surface area contributed by atoms with Crippen LogP contribution in [-0.4, -0.2) is 0 Å². The van der Waals surface area contributed by atoms with Crippen molar-refractivity contribution in [3.05, 3.63) is 96.7 Å². The van der Waals surface area contributed by atoms with Crippen LogP contribution in [0.2, 0.25) is 0 Å². The maximum absolute atomic E-state index is 6.27. The van der Waals surface area contributed by atoms with Gasteiger partial charge < -0.3 is 4.42 Å². The molecule has 0 aliphatic carbocycles. The van der Waals surface area contributed by atoms with E-state index in [1.807, 2.05) is 12.1 Å². The third-order valence-electron chi connectivity index (χ3n) is 4.90. The lowest BCUT2D eigenvalue weighted by Crippen LogP contribution is -2.19. The highest BCUT2D eigenvalue weighted by molar-refractivity contribution is 5.83. The molecule has 0 aliphatic heterocycles. The highest BCUT2D eigenvalue weighted by Gasteiger charge is 2.22. The Morgan fingerprint density at radius 3 is 2.12 bits per heavy atom. The van der Waals surface area contributed by atoms with Crippen LogP contribution in [0.4, 0.5) is 0 Å². The monoisotopic (exact) mass is 336 g/mol. The molecule has 0 radical (unpaired) electrons. The van der Waals surface area contributed by atoms with Crippen LogP contribution < -0.4 is 4.40 Å². The summed E-state index contributed by atoms with van der Waals surface area (Å²) in [5.41, 5.74) is 8.78. The van der Waals surface area contributed by atoms with Crippen LogP contribution in [0.3, 0.4) is 0 Å². The molecule has 2 nitrogen and oxygen atoms in total. The molecule has 3 aromatic carbocycles. The van der Waals surface area contributed by atoms with E-state index in [-0.39, 0.29) is 0 Å². The molecule has 0 saturated carbocycles. The zero-order valence-corrected chi connectivity index (χ0v) is 14.5. The number of nitrogens with zero attached hydrogens (tertiary/aromatic N) is 1. The van der Waals surface area contributed by atoms with Crippen molar-refractivity contribution in [2.75, 3.05) is 0 Å². The minimum atomic E-state index is 0.886. The normalized spacial score (nSPS) is 11.3. The topological polar surface area (TPSA) is 17.2 Å². The molecule has 0 unspecified atom stereocenters. The average Bonchev–Trinajstić information content (AvgIpc) is 3.07. The summed E-state index contributed by atoms with van der Waals surface area (Å²) in [6.07, 6.45) is 2.09. The Morgan fingerprint density at radius 2 is 1.38 bits per heavy atom. The van der Waals surface area contributed by atoms with Crippen LogP contribution in [0, 0.1) is 6.92 Å². The fraction of sp³-hybridized carbons (Fsp3) is 0.0417. The van der Waals surface area contributed by atoms with Crippen molar-refractivity contribution in [3.63, 3.8) is 0 Å². The minimum Gasteiger partial charge on any atom is -0.397 e. The highest BCUT2D eigenvalue weighted by atomic mass is 16.3. The van der Waals surface area contributed by atoms with Crippen molar-refractivity contribution in [2.45, 2.75) is 6.92 Å². The Labute approximate surface area is 152 Å². The maximum atomic E-state index is 6.27. The summed E-state index contributed by atoms with van der Waals surface area (Å²) < 4.78 is 8.42. The molecular formula is C24H18NO+. The first-order valence-electron chi connectivity index (χ1n) is 8.80. The average molecular weight is 336 g/mol. The van der Waals surface area contributed by atoms with Crippen molar-refractivity contribution in [3.8, 4) is 22.3 Å². The third-order valence-corrected chi connectivity index (χ3v) is 4.90. The molecule has 0 spiro atoms. The van der Waals surface area contributed by atoms with Gasteiger partial charge in [0.05, 0.1) is 5.56 Å². The number of aromatic nitrogens is 1. The van der Waals surface area contributed by atoms with Gasteiger partial charge >= 0.3 is 5.71 Å². The Balaban J connectivity index is 1.80. The van der Waals surface area contributed by atoms with Gasteiger partial charge in [0.25, 0.3) is 5.52 Å². The Hall–Kier alpha value is -3.39. The quantitative estimate of drug-likeness (QED) is 0.372. The summed E-state index contributed by atoms with van der Waals surface area (Å²) in [6, 6.07) is 29.4. The van der Waals surface area contributed by atoms with Crippen LogP contribution >= 0.6 is 0 Å². The first kappa shape index (κ1) is 14.9. The Bertz CT molecular complexity index is 1220. The fourth-order valence-electron chi connectivity index (χ4n) is 3.58. The summed E-state index contributed by atoms with van der Waals surface area (Å²) in [5, 5.41) is 0. The van der Waals surface area contributed by atoms with Crippen LogP contribution in [0.5, 0.6) is 0 Å².